The molecule has 0 saturated heterocycles. The maximum absolute atomic E-state index is 13.5. The highest BCUT2D eigenvalue weighted by atomic mass is 32.2. The van der Waals surface area contributed by atoms with Gasteiger partial charge in [0.25, 0.3) is 0 Å². The molecule has 22 heavy (non-hydrogen) atoms. The third-order valence-corrected chi connectivity index (χ3v) is 5.22. The van der Waals surface area contributed by atoms with Crippen molar-refractivity contribution < 1.29 is 30.4 Å². The molecule has 2 rings (SSSR count). The standard InChI is InChI=1S/C13H14F5NO2S/c14-9-5-3-6-10(15)12(9)22(20,21)19-11-7-2-1-4-8(11)13(16,17)18/h3,5-6,8,11,19H,1-2,4,7H2. The average Bonchev–Trinajstić information content (AvgIpc) is 2.36. The Labute approximate surface area is 124 Å². The molecule has 9 heteroatoms. The third kappa shape index (κ3) is 3.57. The molecule has 1 aromatic carbocycles. The minimum Gasteiger partial charge on any atom is -0.207 e. The van der Waals surface area contributed by atoms with Gasteiger partial charge in [-0.2, -0.15) is 13.2 Å². The quantitative estimate of drug-likeness (QED) is 0.856. The normalized spacial score (nSPS) is 23.5. The molecule has 2 atom stereocenters. The Balaban J connectivity index is 2.31. The minimum atomic E-state index is -4.71. The molecule has 0 aromatic heterocycles. The Bertz CT molecular complexity index is 624. The van der Waals surface area contributed by atoms with E-state index in [0.29, 0.717) is 12.8 Å². The lowest BCUT2D eigenvalue weighted by molar-refractivity contribution is -0.187. The zero-order valence-corrected chi connectivity index (χ0v) is 12.1. The highest BCUT2D eigenvalue weighted by Crippen LogP contribution is 2.38. The molecule has 0 amide bonds. The fraction of sp³-hybridized carbons (Fsp3) is 0.538. The number of nitrogens with one attached hydrogen (secondary N) is 1. The van der Waals surface area contributed by atoms with Crippen molar-refractivity contribution >= 4 is 10.0 Å². The summed E-state index contributed by atoms with van der Waals surface area (Å²) in [6, 6.07) is 1.03. The topological polar surface area (TPSA) is 46.2 Å². The Hall–Kier alpha value is -1.22. The Kier molecular flexibility index (Phi) is 4.76. The number of hydrogen-bond acceptors (Lipinski definition) is 2. The van der Waals surface area contributed by atoms with Gasteiger partial charge >= 0.3 is 6.18 Å². The van der Waals surface area contributed by atoms with Gasteiger partial charge in [-0.1, -0.05) is 18.9 Å². The van der Waals surface area contributed by atoms with Gasteiger partial charge in [-0.25, -0.2) is 21.9 Å². The van der Waals surface area contributed by atoms with Crippen molar-refractivity contribution in [1.82, 2.24) is 4.72 Å². The van der Waals surface area contributed by atoms with Gasteiger partial charge in [0.1, 0.15) is 11.6 Å². The van der Waals surface area contributed by atoms with E-state index >= 15 is 0 Å². The average molecular weight is 343 g/mol. The monoisotopic (exact) mass is 343 g/mol. The van der Waals surface area contributed by atoms with Crippen LogP contribution in [0.3, 0.4) is 0 Å². The predicted molar refractivity (Wildman–Crippen MR) is 68.5 cm³/mol. The van der Waals surface area contributed by atoms with Crippen LogP contribution in [0.25, 0.3) is 0 Å². The van der Waals surface area contributed by atoms with E-state index < -0.39 is 44.7 Å². The molecule has 1 aromatic rings. The zero-order chi connectivity index (χ0) is 16.5. The summed E-state index contributed by atoms with van der Waals surface area (Å²) in [5, 5.41) is 0. The summed E-state index contributed by atoms with van der Waals surface area (Å²) >= 11 is 0. The van der Waals surface area contributed by atoms with Crippen LogP contribution in [0, 0.1) is 17.6 Å². The predicted octanol–water partition coefficient (Wildman–Crippen LogP) is 3.36. The summed E-state index contributed by atoms with van der Waals surface area (Å²) in [6.07, 6.45) is -4.06. The largest absolute Gasteiger partial charge is 0.393 e. The number of benzene rings is 1. The Morgan fingerprint density at radius 3 is 2.14 bits per heavy atom. The van der Waals surface area contributed by atoms with Crippen LogP contribution in [0.5, 0.6) is 0 Å². The molecule has 1 saturated carbocycles. The number of sulfonamides is 1. The van der Waals surface area contributed by atoms with Crippen LogP contribution in [0.1, 0.15) is 25.7 Å². The fourth-order valence-electron chi connectivity index (χ4n) is 2.66. The van der Waals surface area contributed by atoms with Crippen LogP contribution in [-0.4, -0.2) is 20.6 Å². The van der Waals surface area contributed by atoms with Crippen molar-refractivity contribution in [1.29, 1.82) is 0 Å². The molecular formula is C13H14F5NO2S. The number of hydrogen-bond donors (Lipinski definition) is 1. The summed E-state index contributed by atoms with van der Waals surface area (Å²) < 4.78 is 91.9. The Morgan fingerprint density at radius 1 is 1.05 bits per heavy atom. The van der Waals surface area contributed by atoms with Gasteiger partial charge in [0.05, 0.1) is 5.92 Å². The van der Waals surface area contributed by atoms with Crippen molar-refractivity contribution in [2.45, 2.75) is 42.8 Å². The first kappa shape index (κ1) is 17.1. The molecular weight excluding hydrogens is 329 g/mol. The van der Waals surface area contributed by atoms with Crippen LogP contribution in [0.15, 0.2) is 23.1 Å². The van der Waals surface area contributed by atoms with E-state index in [1.54, 1.807) is 0 Å². The van der Waals surface area contributed by atoms with E-state index in [0.717, 1.165) is 18.2 Å². The Morgan fingerprint density at radius 2 is 1.59 bits per heavy atom. The highest BCUT2D eigenvalue weighted by molar-refractivity contribution is 7.89. The second kappa shape index (κ2) is 6.11. The van der Waals surface area contributed by atoms with Gasteiger partial charge in [0, 0.05) is 6.04 Å². The van der Waals surface area contributed by atoms with Crippen LogP contribution in [-0.2, 0) is 10.0 Å². The summed E-state index contributed by atoms with van der Waals surface area (Å²) in [6.45, 7) is 0. The summed E-state index contributed by atoms with van der Waals surface area (Å²) in [5.74, 6) is -4.54. The van der Waals surface area contributed by atoms with Gasteiger partial charge in [-0.3, -0.25) is 0 Å². The van der Waals surface area contributed by atoms with E-state index in [-0.39, 0.29) is 12.8 Å². The van der Waals surface area contributed by atoms with Crippen LogP contribution < -0.4 is 4.72 Å². The second-order valence-corrected chi connectivity index (χ2v) is 6.86. The van der Waals surface area contributed by atoms with Crippen LogP contribution in [0.2, 0.25) is 0 Å². The van der Waals surface area contributed by atoms with Crippen molar-refractivity contribution in [3.63, 3.8) is 0 Å². The molecule has 1 fully saturated rings. The molecule has 124 valence electrons. The molecule has 1 aliphatic rings. The lowest BCUT2D eigenvalue weighted by Gasteiger charge is -2.33. The van der Waals surface area contributed by atoms with E-state index in [1.807, 2.05) is 4.72 Å². The molecule has 3 nitrogen and oxygen atoms in total. The molecule has 2 unspecified atom stereocenters. The summed E-state index contributed by atoms with van der Waals surface area (Å²) in [4.78, 5) is -1.25. The maximum Gasteiger partial charge on any atom is 0.393 e. The molecule has 0 aliphatic heterocycles. The van der Waals surface area contributed by atoms with Gasteiger partial charge in [0.15, 0.2) is 4.90 Å². The van der Waals surface area contributed by atoms with E-state index in [4.69, 9.17) is 0 Å². The van der Waals surface area contributed by atoms with Crippen molar-refractivity contribution in [3.05, 3.63) is 29.8 Å². The lowest BCUT2D eigenvalue weighted by atomic mass is 9.85. The molecule has 0 bridgehead atoms. The zero-order valence-electron chi connectivity index (χ0n) is 11.3. The molecule has 0 heterocycles. The van der Waals surface area contributed by atoms with E-state index in [2.05, 4.69) is 0 Å². The molecule has 1 N–H and O–H groups in total. The van der Waals surface area contributed by atoms with Gasteiger partial charge in [0.2, 0.25) is 10.0 Å². The maximum atomic E-state index is 13.5. The number of rotatable bonds is 3. The number of alkyl halides is 3. The van der Waals surface area contributed by atoms with Gasteiger partial charge in [-0.15, -0.1) is 0 Å². The fourth-order valence-corrected chi connectivity index (χ4v) is 4.11. The SMILES string of the molecule is O=S(=O)(NC1CCCCC1C(F)(F)F)c1c(F)cccc1F. The summed E-state index contributed by atoms with van der Waals surface area (Å²) in [5.41, 5.74) is 0. The van der Waals surface area contributed by atoms with Crippen molar-refractivity contribution in [2.75, 3.05) is 0 Å². The lowest BCUT2D eigenvalue weighted by Crippen LogP contribution is -2.47. The minimum absolute atomic E-state index is 0.0283. The second-order valence-electron chi connectivity index (χ2n) is 5.21. The first-order valence-corrected chi connectivity index (χ1v) is 8.14. The third-order valence-electron chi connectivity index (χ3n) is 3.68. The van der Waals surface area contributed by atoms with E-state index in [1.165, 1.54) is 0 Å². The summed E-state index contributed by atoms with van der Waals surface area (Å²) in [7, 11) is -4.71. The van der Waals surface area contributed by atoms with Gasteiger partial charge < -0.3 is 0 Å². The smallest absolute Gasteiger partial charge is 0.207 e. The first-order valence-electron chi connectivity index (χ1n) is 6.66. The number of halogens is 5. The van der Waals surface area contributed by atoms with Crippen LogP contribution in [0.4, 0.5) is 22.0 Å². The van der Waals surface area contributed by atoms with E-state index in [9.17, 15) is 30.4 Å². The first-order chi connectivity index (χ1) is 10.1. The van der Waals surface area contributed by atoms with Crippen LogP contribution >= 0.6 is 0 Å². The van der Waals surface area contributed by atoms with Gasteiger partial charge in [-0.05, 0) is 25.0 Å². The highest BCUT2D eigenvalue weighted by Gasteiger charge is 2.47. The van der Waals surface area contributed by atoms with Crippen molar-refractivity contribution in [3.8, 4) is 0 Å². The molecule has 1 aliphatic carbocycles. The molecule has 0 radical (unpaired) electrons. The molecule has 0 spiro atoms. The van der Waals surface area contributed by atoms with Crippen molar-refractivity contribution in [2.24, 2.45) is 5.92 Å².